The lowest BCUT2D eigenvalue weighted by Crippen LogP contribution is -2.48. The molecule has 2 aliphatic rings. The van der Waals surface area contributed by atoms with E-state index in [-0.39, 0.29) is 46.9 Å². The van der Waals surface area contributed by atoms with E-state index in [4.69, 9.17) is 4.74 Å². The van der Waals surface area contributed by atoms with E-state index in [2.05, 4.69) is 56.7 Å². The van der Waals surface area contributed by atoms with Crippen molar-refractivity contribution in [3.05, 3.63) is 50.1 Å². The molecule has 0 spiro atoms. The van der Waals surface area contributed by atoms with E-state index in [1.807, 2.05) is 4.90 Å². The number of amides is 1. The third-order valence-electron chi connectivity index (χ3n) is 7.39. The SMILES string of the molecule is CC1=CC[C@H](C(=O)N(c2cc(C(C)(C)C)sc2C=O)[C@H]2CC[C@H](Oc3nccc(=O)[nH]3)CC2)[C@@H](C)C1. The van der Waals surface area contributed by atoms with Crippen LogP contribution in [-0.4, -0.2) is 34.3 Å². The number of nitrogens with zero attached hydrogens (tertiary/aromatic N) is 2. The van der Waals surface area contributed by atoms with Gasteiger partial charge >= 0.3 is 0 Å². The van der Waals surface area contributed by atoms with Gasteiger partial charge in [-0.3, -0.25) is 19.4 Å². The molecular weight excluding hydrogens is 474 g/mol. The molecule has 1 N–H and O–H groups in total. The number of aromatic nitrogens is 2. The summed E-state index contributed by atoms with van der Waals surface area (Å²) in [6.07, 6.45) is 9.07. The number of ether oxygens (including phenoxy) is 1. The molecule has 1 saturated carbocycles. The number of H-pyrrole nitrogens is 1. The van der Waals surface area contributed by atoms with Crippen LogP contribution in [0.15, 0.2) is 34.8 Å². The zero-order valence-electron chi connectivity index (χ0n) is 21.9. The number of nitrogens with one attached hydrogen (secondary N) is 1. The van der Waals surface area contributed by atoms with Crippen LogP contribution in [0.5, 0.6) is 6.01 Å². The van der Waals surface area contributed by atoms with Gasteiger partial charge in [-0.05, 0) is 62.8 Å². The molecule has 0 unspecified atom stereocenters. The summed E-state index contributed by atoms with van der Waals surface area (Å²) < 4.78 is 5.94. The smallest absolute Gasteiger partial charge is 0.296 e. The molecule has 0 aliphatic heterocycles. The summed E-state index contributed by atoms with van der Waals surface area (Å²) in [5.41, 5.74) is 1.73. The van der Waals surface area contributed by atoms with Crippen molar-refractivity contribution < 1.29 is 14.3 Å². The van der Waals surface area contributed by atoms with E-state index in [1.54, 1.807) is 0 Å². The Morgan fingerprint density at radius 2 is 1.97 bits per heavy atom. The Bertz CT molecular complexity index is 1180. The highest BCUT2D eigenvalue weighted by Gasteiger charge is 2.38. The lowest BCUT2D eigenvalue weighted by atomic mass is 9.79. The summed E-state index contributed by atoms with van der Waals surface area (Å²) in [6.45, 7) is 10.7. The lowest BCUT2D eigenvalue weighted by Gasteiger charge is -2.40. The Morgan fingerprint density at radius 3 is 2.58 bits per heavy atom. The second kappa shape index (κ2) is 10.7. The Hall–Kier alpha value is -2.74. The predicted octanol–water partition coefficient (Wildman–Crippen LogP) is 5.66. The van der Waals surface area contributed by atoms with E-state index in [9.17, 15) is 14.4 Å². The van der Waals surface area contributed by atoms with E-state index < -0.39 is 0 Å². The highest BCUT2D eigenvalue weighted by Crippen LogP contribution is 2.41. The second-order valence-electron chi connectivity index (χ2n) is 11.3. The van der Waals surface area contributed by atoms with Crippen LogP contribution in [0.4, 0.5) is 5.69 Å². The zero-order chi connectivity index (χ0) is 26.0. The molecule has 2 aliphatic carbocycles. The molecule has 2 aromatic rings. The van der Waals surface area contributed by atoms with Gasteiger partial charge in [0.1, 0.15) is 6.10 Å². The highest BCUT2D eigenvalue weighted by molar-refractivity contribution is 7.14. The van der Waals surface area contributed by atoms with Gasteiger partial charge in [-0.2, -0.15) is 0 Å². The molecule has 2 aromatic heterocycles. The molecule has 0 radical (unpaired) electrons. The maximum atomic E-state index is 14.2. The van der Waals surface area contributed by atoms with Crippen LogP contribution in [0.25, 0.3) is 0 Å². The van der Waals surface area contributed by atoms with E-state index in [0.29, 0.717) is 4.88 Å². The molecule has 0 bridgehead atoms. The summed E-state index contributed by atoms with van der Waals surface area (Å²) in [6, 6.07) is 3.63. The molecule has 8 heteroatoms. The topological polar surface area (TPSA) is 92.4 Å². The molecule has 194 valence electrons. The minimum atomic E-state index is -0.246. The summed E-state index contributed by atoms with van der Waals surface area (Å²) in [4.78, 5) is 48.3. The average Bonchev–Trinajstić information content (AvgIpc) is 3.25. The van der Waals surface area contributed by atoms with Crippen LogP contribution in [0.3, 0.4) is 0 Å². The molecule has 2 heterocycles. The minimum absolute atomic E-state index is 0.0135. The normalized spacial score (nSPS) is 24.6. The summed E-state index contributed by atoms with van der Waals surface area (Å²) >= 11 is 1.49. The van der Waals surface area contributed by atoms with Crippen molar-refractivity contribution >= 4 is 29.2 Å². The maximum Gasteiger partial charge on any atom is 0.296 e. The van der Waals surface area contributed by atoms with Gasteiger partial charge in [-0.1, -0.05) is 39.3 Å². The number of anilines is 1. The van der Waals surface area contributed by atoms with Crippen molar-refractivity contribution in [2.75, 3.05) is 4.90 Å². The first-order valence-electron chi connectivity index (χ1n) is 12.9. The number of rotatable bonds is 6. The number of hydrogen-bond acceptors (Lipinski definition) is 6. The molecule has 1 fully saturated rings. The van der Waals surface area contributed by atoms with Gasteiger partial charge < -0.3 is 9.64 Å². The number of thiophene rings is 1. The van der Waals surface area contributed by atoms with Gasteiger partial charge in [-0.25, -0.2) is 4.98 Å². The Morgan fingerprint density at radius 1 is 1.25 bits per heavy atom. The number of aldehydes is 1. The second-order valence-corrected chi connectivity index (χ2v) is 12.4. The van der Waals surface area contributed by atoms with Crippen LogP contribution in [0, 0.1) is 11.8 Å². The van der Waals surface area contributed by atoms with Crippen molar-refractivity contribution in [3.63, 3.8) is 0 Å². The molecule has 0 saturated heterocycles. The molecule has 2 atom stereocenters. The summed E-state index contributed by atoms with van der Waals surface area (Å²) in [5.74, 6) is 0.274. The fraction of sp³-hybridized carbons (Fsp3) is 0.571. The molecule has 7 nitrogen and oxygen atoms in total. The molecule has 0 aromatic carbocycles. The first-order valence-corrected chi connectivity index (χ1v) is 13.7. The average molecular weight is 512 g/mol. The van der Waals surface area contributed by atoms with E-state index in [0.717, 1.165) is 55.4 Å². The van der Waals surface area contributed by atoms with Crippen molar-refractivity contribution in [2.24, 2.45) is 11.8 Å². The van der Waals surface area contributed by atoms with Crippen molar-refractivity contribution in [3.8, 4) is 6.01 Å². The van der Waals surface area contributed by atoms with Crippen LogP contribution >= 0.6 is 11.3 Å². The first-order chi connectivity index (χ1) is 17.1. The monoisotopic (exact) mass is 511 g/mol. The van der Waals surface area contributed by atoms with Crippen molar-refractivity contribution in [1.82, 2.24) is 9.97 Å². The quantitative estimate of drug-likeness (QED) is 0.399. The van der Waals surface area contributed by atoms with Gasteiger partial charge in [0.05, 0.1) is 10.6 Å². The molecular formula is C28H37N3O4S. The highest BCUT2D eigenvalue weighted by atomic mass is 32.1. The molecule has 4 rings (SSSR count). The largest absolute Gasteiger partial charge is 0.461 e. The number of carbonyl (C=O) groups excluding carboxylic acids is 2. The van der Waals surface area contributed by atoms with E-state index in [1.165, 1.54) is 29.2 Å². The summed E-state index contributed by atoms with van der Waals surface area (Å²) in [5, 5.41) is 0. The fourth-order valence-corrected chi connectivity index (χ4v) is 6.36. The van der Waals surface area contributed by atoms with Gasteiger partial charge in [0, 0.05) is 29.1 Å². The van der Waals surface area contributed by atoms with Crippen molar-refractivity contribution in [1.29, 1.82) is 0 Å². The fourth-order valence-electron chi connectivity index (χ4n) is 5.34. The van der Waals surface area contributed by atoms with Gasteiger partial charge in [-0.15, -0.1) is 11.3 Å². The Labute approximate surface area is 217 Å². The molecule has 36 heavy (non-hydrogen) atoms. The predicted molar refractivity (Wildman–Crippen MR) is 143 cm³/mol. The number of carbonyl (C=O) groups is 2. The van der Waals surface area contributed by atoms with Gasteiger partial charge in [0.2, 0.25) is 5.91 Å². The van der Waals surface area contributed by atoms with Gasteiger partial charge in [0.15, 0.2) is 6.29 Å². The van der Waals surface area contributed by atoms with Gasteiger partial charge in [0.25, 0.3) is 11.6 Å². The first kappa shape index (κ1) is 26.3. The minimum Gasteiger partial charge on any atom is -0.461 e. The van der Waals surface area contributed by atoms with Crippen molar-refractivity contribution in [2.45, 2.75) is 90.7 Å². The zero-order valence-corrected chi connectivity index (χ0v) is 22.7. The van der Waals surface area contributed by atoms with Crippen LogP contribution in [0.1, 0.15) is 87.7 Å². The lowest BCUT2D eigenvalue weighted by molar-refractivity contribution is -0.124. The van der Waals surface area contributed by atoms with Crippen LogP contribution in [-0.2, 0) is 10.2 Å². The third kappa shape index (κ3) is 5.80. The summed E-state index contributed by atoms with van der Waals surface area (Å²) in [7, 11) is 0. The standard InChI is InChI=1S/C28H37N3O4S/c1-17-6-11-21(18(2)14-17)26(34)31(22-15-24(28(3,4)5)36-23(22)16-32)19-7-9-20(10-8-19)35-27-29-13-12-25(33)30-27/h6,12-13,15-16,18-21H,7-11,14H2,1-5H3,(H,29,30,33)/t18-,19-,20-,21-/m0/s1. The van der Waals surface area contributed by atoms with Crippen LogP contribution < -0.4 is 15.2 Å². The number of aromatic amines is 1. The third-order valence-corrected chi connectivity index (χ3v) is 8.86. The van der Waals surface area contributed by atoms with E-state index >= 15 is 0 Å². The Balaban J connectivity index is 1.61. The van der Waals surface area contributed by atoms with Crippen LogP contribution in [0.2, 0.25) is 0 Å². The number of allylic oxidation sites excluding steroid dienone is 2. The maximum absolute atomic E-state index is 14.2. The number of hydrogen-bond donors (Lipinski definition) is 1. The Kier molecular flexibility index (Phi) is 7.83. The molecule has 1 amide bonds.